The van der Waals surface area contributed by atoms with Crippen LogP contribution in [-0.4, -0.2) is 48.9 Å². The molecule has 154 valence electrons. The Morgan fingerprint density at radius 3 is 2.45 bits per heavy atom. The molecule has 2 heterocycles. The van der Waals surface area contributed by atoms with Gasteiger partial charge in [-0.25, -0.2) is 0 Å². The largest absolute Gasteiger partial charge is 0.484 e. The highest BCUT2D eigenvalue weighted by Crippen LogP contribution is 2.17. The van der Waals surface area contributed by atoms with Crippen molar-refractivity contribution in [3.8, 4) is 5.75 Å². The molecular formula is C21H25N3O4S. The number of benzene rings is 1. The van der Waals surface area contributed by atoms with Gasteiger partial charge in [-0.15, -0.1) is 0 Å². The minimum atomic E-state index is -0.623. The van der Waals surface area contributed by atoms with Crippen LogP contribution < -0.4 is 15.4 Å². The van der Waals surface area contributed by atoms with Crippen molar-refractivity contribution < 1.29 is 19.1 Å². The molecule has 1 fully saturated rings. The molecule has 2 N–H and O–H groups in total. The number of hydrogen-bond acceptors (Lipinski definition) is 5. The van der Waals surface area contributed by atoms with E-state index in [9.17, 15) is 14.4 Å². The summed E-state index contributed by atoms with van der Waals surface area (Å²) in [5.41, 5.74) is 0.976. The third-order valence-electron chi connectivity index (χ3n) is 4.86. The Kier molecular flexibility index (Phi) is 7.63. The predicted molar refractivity (Wildman–Crippen MR) is 110 cm³/mol. The van der Waals surface area contributed by atoms with Crippen LogP contribution in [0.15, 0.2) is 47.2 Å². The van der Waals surface area contributed by atoms with E-state index < -0.39 is 11.8 Å². The van der Waals surface area contributed by atoms with Gasteiger partial charge in [0.1, 0.15) is 5.75 Å². The van der Waals surface area contributed by atoms with Gasteiger partial charge in [-0.2, -0.15) is 11.3 Å². The minimum Gasteiger partial charge on any atom is -0.484 e. The molecular weight excluding hydrogens is 390 g/mol. The Hall–Kier alpha value is -2.87. The van der Waals surface area contributed by atoms with E-state index in [4.69, 9.17) is 4.74 Å². The fourth-order valence-electron chi connectivity index (χ4n) is 3.11. The monoisotopic (exact) mass is 415 g/mol. The van der Waals surface area contributed by atoms with Crippen molar-refractivity contribution in [2.24, 2.45) is 5.92 Å². The lowest BCUT2D eigenvalue weighted by Crippen LogP contribution is -2.45. The van der Waals surface area contributed by atoms with Gasteiger partial charge in [-0.05, 0) is 53.3 Å². The highest BCUT2D eigenvalue weighted by molar-refractivity contribution is 7.07. The van der Waals surface area contributed by atoms with Gasteiger partial charge in [0.05, 0.1) is 0 Å². The molecule has 0 saturated carbocycles. The summed E-state index contributed by atoms with van der Waals surface area (Å²) in [5.74, 6) is -0.348. The first-order chi connectivity index (χ1) is 14.1. The normalized spacial score (nSPS) is 14.3. The van der Waals surface area contributed by atoms with E-state index in [0.717, 1.165) is 18.4 Å². The molecule has 0 aliphatic carbocycles. The van der Waals surface area contributed by atoms with Gasteiger partial charge in [0.25, 0.3) is 5.91 Å². The Labute approximate surface area is 174 Å². The van der Waals surface area contributed by atoms with Gasteiger partial charge in [-0.3, -0.25) is 14.4 Å². The maximum absolute atomic E-state index is 12.3. The van der Waals surface area contributed by atoms with Gasteiger partial charge in [-0.1, -0.05) is 18.2 Å². The van der Waals surface area contributed by atoms with Crippen LogP contribution in [0, 0.1) is 5.92 Å². The molecule has 0 unspecified atom stereocenters. The number of nitrogens with zero attached hydrogens (tertiary/aromatic N) is 1. The van der Waals surface area contributed by atoms with E-state index in [0.29, 0.717) is 31.9 Å². The summed E-state index contributed by atoms with van der Waals surface area (Å²) in [7, 11) is 0. The zero-order valence-electron chi connectivity index (χ0n) is 16.1. The number of carbonyl (C=O) groups is 3. The van der Waals surface area contributed by atoms with Crippen molar-refractivity contribution in [1.82, 2.24) is 15.5 Å². The second-order valence-electron chi connectivity index (χ2n) is 6.95. The second kappa shape index (κ2) is 10.6. The standard InChI is InChI=1S/C21H25N3O4S/c25-19(14-28-18-4-2-1-3-5-18)24-9-6-16(7-10-24)12-22-20(26)21(27)23-13-17-8-11-29-15-17/h1-5,8,11,15-16H,6-7,9-10,12-14H2,(H,22,26)(H,23,27). The summed E-state index contributed by atoms with van der Waals surface area (Å²) in [6.45, 7) is 2.06. The molecule has 0 radical (unpaired) electrons. The molecule has 1 saturated heterocycles. The van der Waals surface area contributed by atoms with Gasteiger partial charge < -0.3 is 20.3 Å². The topological polar surface area (TPSA) is 87.7 Å². The molecule has 1 aromatic carbocycles. The smallest absolute Gasteiger partial charge is 0.309 e. The summed E-state index contributed by atoms with van der Waals surface area (Å²) >= 11 is 1.54. The van der Waals surface area contributed by atoms with Crippen LogP contribution >= 0.6 is 11.3 Å². The lowest BCUT2D eigenvalue weighted by molar-refractivity contribution is -0.139. The van der Waals surface area contributed by atoms with Crippen molar-refractivity contribution in [2.75, 3.05) is 26.2 Å². The molecule has 0 atom stereocenters. The number of rotatable bonds is 7. The molecule has 29 heavy (non-hydrogen) atoms. The van der Waals surface area contributed by atoms with Crippen molar-refractivity contribution >= 4 is 29.1 Å². The van der Waals surface area contributed by atoms with E-state index in [-0.39, 0.29) is 18.4 Å². The van der Waals surface area contributed by atoms with E-state index in [1.54, 1.807) is 16.2 Å². The number of hydrogen-bond donors (Lipinski definition) is 2. The molecule has 8 heteroatoms. The quantitative estimate of drug-likeness (QED) is 0.675. The lowest BCUT2D eigenvalue weighted by Gasteiger charge is -2.32. The fourth-order valence-corrected chi connectivity index (χ4v) is 3.78. The second-order valence-corrected chi connectivity index (χ2v) is 7.73. The van der Waals surface area contributed by atoms with Crippen LogP contribution in [0.25, 0.3) is 0 Å². The number of piperidine rings is 1. The summed E-state index contributed by atoms with van der Waals surface area (Å²) in [5, 5.41) is 9.16. The lowest BCUT2D eigenvalue weighted by atomic mass is 9.96. The molecule has 3 amide bonds. The van der Waals surface area contributed by atoms with E-state index in [1.165, 1.54) is 0 Å². The van der Waals surface area contributed by atoms with Crippen molar-refractivity contribution in [2.45, 2.75) is 19.4 Å². The maximum Gasteiger partial charge on any atom is 0.309 e. The molecule has 1 aliphatic heterocycles. The highest BCUT2D eigenvalue weighted by atomic mass is 32.1. The summed E-state index contributed by atoms with van der Waals surface area (Å²) in [4.78, 5) is 37.9. The molecule has 7 nitrogen and oxygen atoms in total. The number of likely N-dealkylation sites (tertiary alicyclic amines) is 1. The van der Waals surface area contributed by atoms with Crippen LogP contribution in [-0.2, 0) is 20.9 Å². The Bertz CT molecular complexity index is 803. The number of ether oxygens (including phenoxy) is 1. The Morgan fingerprint density at radius 2 is 1.76 bits per heavy atom. The molecule has 0 spiro atoms. The number of thiophene rings is 1. The van der Waals surface area contributed by atoms with Crippen LogP contribution in [0.2, 0.25) is 0 Å². The third kappa shape index (κ3) is 6.60. The zero-order valence-corrected chi connectivity index (χ0v) is 17.0. The maximum atomic E-state index is 12.3. The Balaban J connectivity index is 1.31. The van der Waals surface area contributed by atoms with E-state index in [2.05, 4.69) is 10.6 Å². The minimum absolute atomic E-state index is 0.0235. The fraction of sp³-hybridized carbons (Fsp3) is 0.381. The first-order valence-electron chi connectivity index (χ1n) is 9.64. The van der Waals surface area contributed by atoms with Crippen molar-refractivity contribution in [3.63, 3.8) is 0 Å². The van der Waals surface area contributed by atoms with Crippen LogP contribution in [0.5, 0.6) is 5.75 Å². The van der Waals surface area contributed by atoms with Crippen LogP contribution in [0.4, 0.5) is 0 Å². The zero-order chi connectivity index (χ0) is 20.5. The summed E-state index contributed by atoms with van der Waals surface area (Å²) in [6.07, 6.45) is 1.57. The number of nitrogens with one attached hydrogen (secondary N) is 2. The van der Waals surface area contributed by atoms with Gasteiger partial charge >= 0.3 is 11.8 Å². The van der Waals surface area contributed by atoms with Crippen molar-refractivity contribution in [1.29, 1.82) is 0 Å². The van der Waals surface area contributed by atoms with Gasteiger partial charge in [0.15, 0.2) is 6.61 Å². The molecule has 1 aliphatic rings. The SMILES string of the molecule is O=C(NCc1ccsc1)C(=O)NCC1CCN(C(=O)COc2ccccc2)CC1. The van der Waals surface area contributed by atoms with E-state index in [1.807, 2.05) is 47.2 Å². The number of amides is 3. The summed E-state index contributed by atoms with van der Waals surface area (Å²) < 4.78 is 5.51. The molecule has 3 rings (SSSR count). The highest BCUT2D eigenvalue weighted by Gasteiger charge is 2.24. The molecule has 0 bridgehead atoms. The van der Waals surface area contributed by atoms with Crippen LogP contribution in [0.1, 0.15) is 18.4 Å². The van der Waals surface area contributed by atoms with Crippen LogP contribution in [0.3, 0.4) is 0 Å². The average molecular weight is 416 g/mol. The molecule has 1 aromatic heterocycles. The summed E-state index contributed by atoms with van der Waals surface area (Å²) in [6, 6.07) is 11.2. The molecule has 2 aromatic rings. The first kappa shape index (κ1) is 20.9. The third-order valence-corrected chi connectivity index (χ3v) is 5.60. The number of carbonyl (C=O) groups excluding carboxylic acids is 3. The average Bonchev–Trinajstić information content (AvgIpc) is 3.29. The van der Waals surface area contributed by atoms with Gasteiger partial charge in [0.2, 0.25) is 0 Å². The van der Waals surface area contributed by atoms with E-state index >= 15 is 0 Å². The first-order valence-corrected chi connectivity index (χ1v) is 10.6. The predicted octanol–water partition coefficient (Wildman–Crippen LogP) is 1.80. The van der Waals surface area contributed by atoms with Crippen molar-refractivity contribution in [3.05, 3.63) is 52.7 Å². The Morgan fingerprint density at radius 1 is 1.03 bits per heavy atom. The number of para-hydroxylation sites is 1. The van der Waals surface area contributed by atoms with Gasteiger partial charge in [0, 0.05) is 26.2 Å².